The summed E-state index contributed by atoms with van der Waals surface area (Å²) in [6.45, 7) is 5.30. The van der Waals surface area contributed by atoms with Crippen LogP contribution in [0.25, 0.3) is 0 Å². The van der Waals surface area contributed by atoms with Crippen LogP contribution in [0.1, 0.15) is 12.8 Å². The summed E-state index contributed by atoms with van der Waals surface area (Å²) in [5, 5.41) is 4.21. The van der Waals surface area contributed by atoms with Crippen LogP contribution < -0.4 is 5.73 Å². The van der Waals surface area contributed by atoms with Crippen molar-refractivity contribution in [3.63, 3.8) is 0 Å². The van der Waals surface area contributed by atoms with Crippen molar-refractivity contribution in [2.24, 2.45) is 11.7 Å². The number of likely N-dealkylation sites (tertiary alicyclic amines) is 1. The lowest BCUT2D eigenvalue weighted by Gasteiger charge is -2.31. The van der Waals surface area contributed by atoms with Gasteiger partial charge < -0.3 is 10.6 Å². The quantitative estimate of drug-likeness (QED) is 0.786. The molecule has 1 aliphatic rings. The highest BCUT2D eigenvalue weighted by atomic mass is 15.3. The van der Waals surface area contributed by atoms with E-state index < -0.39 is 0 Å². The Kier molecular flexibility index (Phi) is 3.75. The summed E-state index contributed by atoms with van der Waals surface area (Å²) in [4.78, 5) is 2.50. The monoisotopic (exact) mass is 208 g/mol. The highest BCUT2D eigenvalue weighted by Crippen LogP contribution is 2.14. The zero-order valence-electron chi connectivity index (χ0n) is 9.18. The maximum Gasteiger partial charge on any atom is 0.0536 e. The third-order valence-electron chi connectivity index (χ3n) is 3.14. The molecule has 1 saturated heterocycles. The molecule has 0 spiro atoms. The van der Waals surface area contributed by atoms with Gasteiger partial charge in [0.05, 0.1) is 6.54 Å². The predicted molar refractivity (Wildman–Crippen MR) is 60.4 cm³/mol. The highest BCUT2D eigenvalue weighted by Gasteiger charge is 2.17. The van der Waals surface area contributed by atoms with E-state index in [0.717, 1.165) is 26.2 Å². The summed E-state index contributed by atoms with van der Waals surface area (Å²) in [6, 6.07) is 1.97. The number of rotatable bonds is 4. The molecule has 0 aliphatic carbocycles. The lowest BCUT2D eigenvalue weighted by Crippen LogP contribution is -2.39. The lowest BCUT2D eigenvalue weighted by molar-refractivity contribution is 0.171. The van der Waals surface area contributed by atoms with Crippen LogP contribution >= 0.6 is 0 Å². The molecular weight excluding hydrogens is 188 g/mol. The van der Waals surface area contributed by atoms with Crippen LogP contribution in [0, 0.1) is 5.92 Å². The normalized spacial score (nSPS) is 23.1. The largest absolute Gasteiger partial charge is 0.330 e. The first-order valence-corrected chi connectivity index (χ1v) is 5.78. The summed E-state index contributed by atoms with van der Waals surface area (Å²) < 4.78 is 1.99. The van der Waals surface area contributed by atoms with E-state index in [0.29, 0.717) is 5.92 Å². The zero-order valence-corrected chi connectivity index (χ0v) is 9.18. The van der Waals surface area contributed by atoms with E-state index in [1.807, 2.05) is 23.1 Å². The van der Waals surface area contributed by atoms with Gasteiger partial charge >= 0.3 is 0 Å². The first-order valence-electron chi connectivity index (χ1n) is 5.78. The molecule has 1 aromatic heterocycles. The van der Waals surface area contributed by atoms with Gasteiger partial charge in [-0.15, -0.1) is 0 Å². The smallest absolute Gasteiger partial charge is 0.0536 e. The lowest BCUT2D eigenvalue weighted by atomic mass is 9.98. The number of nitrogens with two attached hydrogens (primary N) is 1. The average molecular weight is 208 g/mol. The van der Waals surface area contributed by atoms with Crippen LogP contribution in [0.2, 0.25) is 0 Å². The minimum absolute atomic E-state index is 0.705. The fourth-order valence-electron chi connectivity index (χ4n) is 2.22. The standard InChI is InChI=1S/C11H20N4/c12-9-11-3-1-5-14(10-11)7-8-15-6-2-4-13-15/h2,4,6,11H,1,3,5,7-10,12H2. The Balaban J connectivity index is 1.74. The van der Waals surface area contributed by atoms with Crippen LogP contribution in [0.5, 0.6) is 0 Å². The topological polar surface area (TPSA) is 47.1 Å². The van der Waals surface area contributed by atoms with Crippen LogP contribution in [-0.2, 0) is 6.54 Å². The van der Waals surface area contributed by atoms with Gasteiger partial charge in [-0.3, -0.25) is 4.68 Å². The van der Waals surface area contributed by atoms with Crippen molar-refractivity contribution in [3.8, 4) is 0 Å². The summed E-state index contributed by atoms with van der Waals surface area (Å²) in [6.07, 6.45) is 6.44. The number of piperidine rings is 1. The van der Waals surface area contributed by atoms with E-state index >= 15 is 0 Å². The molecule has 4 heteroatoms. The third-order valence-corrected chi connectivity index (χ3v) is 3.14. The van der Waals surface area contributed by atoms with Gasteiger partial charge in [0.25, 0.3) is 0 Å². The Hall–Kier alpha value is -0.870. The highest BCUT2D eigenvalue weighted by molar-refractivity contribution is 4.79. The molecule has 84 valence electrons. The second kappa shape index (κ2) is 5.28. The fraction of sp³-hybridized carbons (Fsp3) is 0.727. The first-order chi connectivity index (χ1) is 7.38. The van der Waals surface area contributed by atoms with Gasteiger partial charge in [0.15, 0.2) is 0 Å². The maximum atomic E-state index is 5.71. The summed E-state index contributed by atoms with van der Waals surface area (Å²) >= 11 is 0. The second-order valence-corrected chi connectivity index (χ2v) is 4.31. The number of hydrogen-bond donors (Lipinski definition) is 1. The molecule has 15 heavy (non-hydrogen) atoms. The minimum atomic E-state index is 0.705. The summed E-state index contributed by atoms with van der Waals surface area (Å²) in [5.74, 6) is 0.705. The second-order valence-electron chi connectivity index (χ2n) is 4.31. The van der Waals surface area contributed by atoms with Crippen LogP contribution in [0.4, 0.5) is 0 Å². The van der Waals surface area contributed by atoms with E-state index in [-0.39, 0.29) is 0 Å². The molecule has 1 unspecified atom stereocenters. The molecule has 2 rings (SSSR count). The molecule has 0 aromatic carbocycles. The molecule has 4 nitrogen and oxygen atoms in total. The summed E-state index contributed by atoms with van der Waals surface area (Å²) in [7, 11) is 0. The van der Waals surface area contributed by atoms with Crippen LogP contribution in [-0.4, -0.2) is 40.9 Å². The Morgan fingerprint density at radius 3 is 3.07 bits per heavy atom. The molecule has 0 radical (unpaired) electrons. The van der Waals surface area contributed by atoms with Crippen molar-refractivity contribution in [1.29, 1.82) is 0 Å². The number of nitrogens with zero attached hydrogens (tertiary/aromatic N) is 3. The fourth-order valence-corrected chi connectivity index (χ4v) is 2.22. The molecule has 1 atom stereocenters. The molecule has 1 fully saturated rings. The molecular formula is C11H20N4. The maximum absolute atomic E-state index is 5.71. The van der Waals surface area contributed by atoms with Crippen molar-refractivity contribution < 1.29 is 0 Å². The van der Waals surface area contributed by atoms with Crippen LogP contribution in [0.15, 0.2) is 18.5 Å². The molecule has 1 aromatic rings. The van der Waals surface area contributed by atoms with Gasteiger partial charge in [-0.2, -0.15) is 5.10 Å². The third kappa shape index (κ3) is 3.04. The van der Waals surface area contributed by atoms with E-state index in [2.05, 4.69) is 10.00 Å². The zero-order chi connectivity index (χ0) is 10.5. The van der Waals surface area contributed by atoms with Gasteiger partial charge in [0.1, 0.15) is 0 Å². The average Bonchev–Trinajstić information content (AvgIpc) is 2.79. The van der Waals surface area contributed by atoms with E-state index in [9.17, 15) is 0 Å². The SMILES string of the molecule is NCC1CCCN(CCn2cccn2)C1. The molecule has 0 bridgehead atoms. The molecule has 1 aliphatic heterocycles. The van der Waals surface area contributed by atoms with Crippen LogP contribution in [0.3, 0.4) is 0 Å². The molecule has 2 heterocycles. The van der Waals surface area contributed by atoms with Gasteiger partial charge in [0.2, 0.25) is 0 Å². The van der Waals surface area contributed by atoms with E-state index in [1.54, 1.807) is 0 Å². The van der Waals surface area contributed by atoms with E-state index in [4.69, 9.17) is 5.73 Å². The van der Waals surface area contributed by atoms with Crippen molar-refractivity contribution in [2.45, 2.75) is 19.4 Å². The Morgan fingerprint density at radius 1 is 1.40 bits per heavy atom. The minimum Gasteiger partial charge on any atom is -0.330 e. The van der Waals surface area contributed by atoms with Crippen molar-refractivity contribution in [1.82, 2.24) is 14.7 Å². The van der Waals surface area contributed by atoms with Gasteiger partial charge in [-0.25, -0.2) is 0 Å². The Bertz CT molecular complexity index is 270. The van der Waals surface area contributed by atoms with Crippen molar-refractivity contribution in [2.75, 3.05) is 26.2 Å². The van der Waals surface area contributed by atoms with E-state index in [1.165, 1.54) is 19.4 Å². The number of aromatic nitrogens is 2. The summed E-state index contributed by atoms with van der Waals surface area (Å²) in [5.41, 5.74) is 5.71. The molecule has 2 N–H and O–H groups in total. The van der Waals surface area contributed by atoms with Gasteiger partial charge in [0, 0.05) is 25.5 Å². The van der Waals surface area contributed by atoms with Crippen molar-refractivity contribution in [3.05, 3.63) is 18.5 Å². The molecule has 0 amide bonds. The predicted octanol–water partition coefficient (Wildman–Crippen LogP) is 0.554. The Labute approximate surface area is 91.1 Å². The first kappa shape index (κ1) is 10.6. The van der Waals surface area contributed by atoms with Gasteiger partial charge in [-0.05, 0) is 37.9 Å². The van der Waals surface area contributed by atoms with Gasteiger partial charge in [-0.1, -0.05) is 0 Å². The molecule has 0 saturated carbocycles. The number of hydrogen-bond acceptors (Lipinski definition) is 3. The van der Waals surface area contributed by atoms with Crippen molar-refractivity contribution >= 4 is 0 Å². The Morgan fingerprint density at radius 2 is 2.33 bits per heavy atom.